The summed E-state index contributed by atoms with van der Waals surface area (Å²) in [7, 11) is 1.45. The molecule has 1 amide bonds. The standard InChI is InChI=1S/C27H24N2O6/c1-3-15-35-27(33)17-10-12-19(13-11-17)29-23(18-7-6-14-28-16-18)22(25(31)26(29)32)24(30)20-8-4-5-9-21(20)34-2/h4-14,16,23,30H,3,15H2,1-2H3/b24-22+. The van der Waals surface area contributed by atoms with E-state index in [0.717, 1.165) is 0 Å². The summed E-state index contributed by atoms with van der Waals surface area (Å²) in [6.07, 6.45) is 3.81. The van der Waals surface area contributed by atoms with E-state index in [1.54, 1.807) is 54.7 Å². The van der Waals surface area contributed by atoms with Crippen molar-refractivity contribution in [1.29, 1.82) is 0 Å². The third kappa shape index (κ3) is 4.50. The molecule has 1 aliphatic rings. The number of ether oxygens (including phenoxy) is 2. The summed E-state index contributed by atoms with van der Waals surface area (Å²) in [5, 5.41) is 11.2. The zero-order valence-electron chi connectivity index (χ0n) is 19.3. The number of aromatic nitrogens is 1. The van der Waals surface area contributed by atoms with Gasteiger partial charge in [0, 0.05) is 18.1 Å². The van der Waals surface area contributed by atoms with Gasteiger partial charge in [-0.1, -0.05) is 25.1 Å². The fraction of sp³-hybridized carbons (Fsp3) is 0.185. The fourth-order valence-electron chi connectivity index (χ4n) is 3.97. The lowest BCUT2D eigenvalue weighted by Crippen LogP contribution is -2.29. The number of pyridine rings is 1. The molecule has 8 nitrogen and oxygen atoms in total. The van der Waals surface area contributed by atoms with Gasteiger partial charge in [-0.3, -0.25) is 19.5 Å². The van der Waals surface area contributed by atoms with Crippen LogP contribution in [-0.2, 0) is 14.3 Å². The first-order valence-electron chi connectivity index (χ1n) is 11.1. The second-order valence-electron chi connectivity index (χ2n) is 7.84. The lowest BCUT2D eigenvalue weighted by molar-refractivity contribution is -0.132. The van der Waals surface area contributed by atoms with E-state index in [-0.39, 0.29) is 16.9 Å². The van der Waals surface area contributed by atoms with Gasteiger partial charge in [0.1, 0.15) is 11.5 Å². The van der Waals surface area contributed by atoms with E-state index in [1.165, 1.54) is 30.3 Å². The quantitative estimate of drug-likeness (QED) is 0.237. The summed E-state index contributed by atoms with van der Waals surface area (Å²) >= 11 is 0. The molecule has 35 heavy (non-hydrogen) atoms. The summed E-state index contributed by atoms with van der Waals surface area (Å²) in [5.74, 6) is -2.11. The maximum atomic E-state index is 13.2. The van der Waals surface area contributed by atoms with Crippen molar-refractivity contribution >= 4 is 29.1 Å². The minimum atomic E-state index is -0.938. The molecule has 0 saturated carbocycles. The molecular weight excluding hydrogens is 448 g/mol. The molecule has 2 aromatic carbocycles. The number of hydrogen-bond acceptors (Lipinski definition) is 7. The molecule has 1 saturated heterocycles. The van der Waals surface area contributed by atoms with Gasteiger partial charge in [0.15, 0.2) is 0 Å². The van der Waals surface area contributed by atoms with Gasteiger partial charge in [-0.25, -0.2) is 4.79 Å². The molecule has 1 aromatic heterocycles. The smallest absolute Gasteiger partial charge is 0.338 e. The van der Waals surface area contributed by atoms with Gasteiger partial charge in [-0.15, -0.1) is 0 Å². The second-order valence-corrected chi connectivity index (χ2v) is 7.84. The van der Waals surface area contributed by atoms with Crippen LogP contribution in [0, 0.1) is 0 Å². The predicted octanol–water partition coefficient (Wildman–Crippen LogP) is 4.28. The normalized spacial score (nSPS) is 16.9. The molecule has 1 fully saturated rings. The van der Waals surface area contributed by atoms with E-state index in [9.17, 15) is 19.5 Å². The molecule has 8 heteroatoms. The molecule has 0 aliphatic carbocycles. The maximum Gasteiger partial charge on any atom is 0.338 e. The highest BCUT2D eigenvalue weighted by molar-refractivity contribution is 6.51. The molecule has 0 spiro atoms. The minimum Gasteiger partial charge on any atom is -0.507 e. The zero-order chi connectivity index (χ0) is 24.9. The molecule has 1 aliphatic heterocycles. The van der Waals surface area contributed by atoms with Gasteiger partial charge < -0.3 is 14.6 Å². The topological polar surface area (TPSA) is 106 Å². The Kier molecular flexibility index (Phi) is 6.91. The van der Waals surface area contributed by atoms with Gasteiger partial charge in [0.2, 0.25) is 0 Å². The third-order valence-corrected chi connectivity index (χ3v) is 5.63. The molecule has 3 aromatic rings. The number of anilines is 1. The number of amides is 1. The average Bonchev–Trinajstić information content (AvgIpc) is 3.17. The van der Waals surface area contributed by atoms with E-state index < -0.39 is 23.7 Å². The van der Waals surface area contributed by atoms with Crippen molar-refractivity contribution < 1.29 is 29.0 Å². The van der Waals surface area contributed by atoms with E-state index in [4.69, 9.17) is 9.47 Å². The number of rotatable bonds is 7. The monoisotopic (exact) mass is 472 g/mol. The Morgan fingerprint density at radius 2 is 1.80 bits per heavy atom. The number of nitrogens with zero attached hydrogens (tertiary/aromatic N) is 2. The number of hydrogen-bond donors (Lipinski definition) is 1. The average molecular weight is 472 g/mol. The Labute approximate surface area is 202 Å². The Morgan fingerprint density at radius 3 is 2.46 bits per heavy atom. The number of carbonyl (C=O) groups excluding carboxylic acids is 3. The van der Waals surface area contributed by atoms with Gasteiger partial charge >= 0.3 is 5.97 Å². The first-order chi connectivity index (χ1) is 17.0. The fourth-order valence-corrected chi connectivity index (χ4v) is 3.97. The lowest BCUT2D eigenvalue weighted by atomic mass is 9.96. The van der Waals surface area contributed by atoms with Gasteiger partial charge in [-0.05, 0) is 54.4 Å². The first kappa shape index (κ1) is 23.7. The number of aliphatic hydroxyl groups excluding tert-OH is 1. The molecule has 4 rings (SSSR count). The van der Waals surface area contributed by atoms with E-state index >= 15 is 0 Å². The van der Waals surface area contributed by atoms with Crippen molar-refractivity contribution in [1.82, 2.24) is 4.98 Å². The zero-order valence-corrected chi connectivity index (χ0v) is 19.3. The second kappa shape index (κ2) is 10.2. The van der Waals surface area contributed by atoms with Crippen LogP contribution in [0.4, 0.5) is 5.69 Å². The number of esters is 1. The molecule has 1 N–H and O–H groups in total. The number of ketones is 1. The Bertz CT molecular complexity index is 1280. The van der Waals surface area contributed by atoms with Crippen LogP contribution < -0.4 is 9.64 Å². The van der Waals surface area contributed by atoms with Crippen LogP contribution in [0.25, 0.3) is 5.76 Å². The number of Topliss-reactive ketones (excluding diaryl/α,β-unsaturated/α-hetero) is 1. The van der Waals surface area contributed by atoms with Crippen LogP contribution in [0.2, 0.25) is 0 Å². The summed E-state index contributed by atoms with van der Waals surface area (Å²) < 4.78 is 10.5. The van der Waals surface area contributed by atoms with Crippen molar-refractivity contribution in [2.45, 2.75) is 19.4 Å². The highest BCUT2D eigenvalue weighted by atomic mass is 16.5. The van der Waals surface area contributed by atoms with Gasteiger partial charge in [0.05, 0.1) is 36.5 Å². The van der Waals surface area contributed by atoms with Crippen LogP contribution in [0.15, 0.2) is 78.6 Å². The number of benzene rings is 2. The molecule has 0 bridgehead atoms. The van der Waals surface area contributed by atoms with E-state index in [0.29, 0.717) is 35.6 Å². The number of carbonyl (C=O) groups is 3. The van der Waals surface area contributed by atoms with Crippen LogP contribution in [0.5, 0.6) is 5.75 Å². The molecule has 1 unspecified atom stereocenters. The third-order valence-electron chi connectivity index (χ3n) is 5.63. The summed E-state index contributed by atoms with van der Waals surface area (Å²) in [4.78, 5) is 44.1. The summed E-state index contributed by atoms with van der Waals surface area (Å²) in [5.41, 5.74) is 1.45. The van der Waals surface area contributed by atoms with Crippen LogP contribution in [0.1, 0.15) is 40.9 Å². The Hall–Kier alpha value is -4.46. The Balaban J connectivity index is 1.83. The first-order valence-corrected chi connectivity index (χ1v) is 11.1. The van der Waals surface area contributed by atoms with Crippen molar-refractivity contribution in [2.24, 2.45) is 0 Å². The van der Waals surface area contributed by atoms with E-state index in [1.807, 2.05) is 6.92 Å². The van der Waals surface area contributed by atoms with Crippen LogP contribution in [-0.4, -0.2) is 41.5 Å². The number of para-hydroxylation sites is 1. The molecule has 0 radical (unpaired) electrons. The minimum absolute atomic E-state index is 0.0843. The van der Waals surface area contributed by atoms with E-state index in [2.05, 4.69) is 4.98 Å². The Morgan fingerprint density at radius 1 is 1.06 bits per heavy atom. The maximum absolute atomic E-state index is 13.2. The van der Waals surface area contributed by atoms with Crippen molar-refractivity contribution in [3.05, 3.63) is 95.3 Å². The summed E-state index contributed by atoms with van der Waals surface area (Å²) in [6, 6.07) is 15.4. The number of methoxy groups -OCH3 is 1. The largest absolute Gasteiger partial charge is 0.507 e. The van der Waals surface area contributed by atoms with Gasteiger partial charge in [0.25, 0.3) is 11.7 Å². The summed E-state index contributed by atoms with van der Waals surface area (Å²) in [6.45, 7) is 2.20. The molecule has 178 valence electrons. The molecule has 2 heterocycles. The van der Waals surface area contributed by atoms with Crippen molar-refractivity contribution in [3.8, 4) is 5.75 Å². The van der Waals surface area contributed by atoms with Crippen molar-refractivity contribution in [3.63, 3.8) is 0 Å². The highest BCUT2D eigenvalue weighted by Crippen LogP contribution is 2.43. The number of aliphatic hydroxyl groups is 1. The van der Waals surface area contributed by atoms with Gasteiger partial charge in [-0.2, -0.15) is 0 Å². The molecule has 1 atom stereocenters. The van der Waals surface area contributed by atoms with Crippen LogP contribution in [0.3, 0.4) is 0 Å². The SMILES string of the molecule is CCCOC(=O)c1ccc(N2C(=O)C(=O)/C(=C(/O)c3ccccc3OC)C2c2cccnc2)cc1. The highest BCUT2D eigenvalue weighted by Gasteiger charge is 2.47. The predicted molar refractivity (Wildman–Crippen MR) is 129 cm³/mol. The lowest BCUT2D eigenvalue weighted by Gasteiger charge is -2.25. The van der Waals surface area contributed by atoms with Crippen LogP contribution >= 0.6 is 0 Å². The molecular formula is C27H24N2O6. The van der Waals surface area contributed by atoms with Crippen molar-refractivity contribution in [2.75, 3.05) is 18.6 Å².